The molecule has 0 unspecified atom stereocenters. The average molecular weight is 390 g/mol. The van der Waals surface area contributed by atoms with Crippen LogP contribution in [0.2, 0.25) is 5.02 Å². The van der Waals surface area contributed by atoms with Gasteiger partial charge in [0.2, 0.25) is 5.91 Å². The third-order valence-corrected chi connectivity index (χ3v) is 4.75. The predicted octanol–water partition coefficient (Wildman–Crippen LogP) is 4.06. The number of methoxy groups -OCH3 is 2. The molecule has 2 aromatic heterocycles. The zero-order valence-electron chi connectivity index (χ0n) is 14.2. The van der Waals surface area contributed by atoms with Crippen molar-refractivity contribution < 1.29 is 14.3 Å². The molecule has 6 nitrogen and oxygen atoms in total. The molecule has 0 aliphatic heterocycles. The zero-order valence-corrected chi connectivity index (χ0v) is 15.7. The first-order chi connectivity index (χ1) is 12.6. The fourth-order valence-electron chi connectivity index (χ4n) is 2.30. The number of carbonyl (C=O) groups is 1. The number of carbonyl (C=O) groups excluding carboxylic acids is 1. The Morgan fingerprint density at radius 3 is 2.69 bits per heavy atom. The monoisotopic (exact) mass is 389 g/mol. The molecule has 0 spiro atoms. The van der Waals surface area contributed by atoms with Crippen LogP contribution in [-0.2, 0) is 11.2 Å². The Bertz CT molecular complexity index is 915. The van der Waals surface area contributed by atoms with Crippen LogP contribution in [0.3, 0.4) is 0 Å². The molecule has 2 heterocycles. The molecule has 3 aromatic rings. The summed E-state index contributed by atoms with van der Waals surface area (Å²) < 4.78 is 10.4. The smallest absolute Gasteiger partial charge is 0.230 e. The number of aromatic nitrogens is 2. The maximum Gasteiger partial charge on any atom is 0.230 e. The van der Waals surface area contributed by atoms with E-state index in [0.717, 1.165) is 10.7 Å². The van der Waals surface area contributed by atoms with Crippen molar-refractivity contribution in [2.45, 2.75) is 6.42 Å². The molecule has 1 aromatic carbocycles. The summed E-state index contributed by atoms with van der Waals surface area (Å²) in [6, 6.07) is 8.84. The molecule has 3 rings (SSSR count). The van der Waals surface area contributed by atoms with Gasteiger partial charge >= 0.3 is 0 Å². The minimum Gasteiger partial charge on any atom is -0.493 e. The van der Waals surface area contributed by atoms with Gasteiger partial charge in [0, 0.05) is 23.7 Å². The van der Waals surface area contributed by atoms with E-state index in [0.29, 0.717) is 27.9 Å². The summed E-state index contributed by atoms with van der Waals surface area (Å²) in [5.41, 5.74) is 1.91. The van der Waals surface area contributed by atoms with Crippen molar-refractivity contribution in [2.24, 2.45) is 0 Å². The van der Waals surface area contributed by atoms with Crippen LogP contribution in [0.25, 0.3) is 10.7 Å². The first-order valence-electron chi connectivity index (χ1n) is 7.68. The summed E-state index contributed by atoms with van der Waals surface area (Å²) in [7, 11) is 3.04. The van der Waals surface area contributed by atoms with E-state index in [1.165, 1.54) is 25.6 Å². The first kappa shape index (κ1) is 18.2. The molecule has 0 aliphatic rings. The lowest BCUT2D eigenvalue weighted by Crippen LogP contribution is -2.15. The molecule has 8 heteroatoms. The van der Waals surface area contributed by atoms with E-state index >= 15 is 0 Å². The van der Waals surface area contributed by atoms with Gasteiger partial charge in [-0.15, -0.1) is 11.3 Å². The fourth-order valence-corrected chi connectivity index (χ4v) is 3.30. The van der Waals surface area contributed by atoms with Gasteiger partial charge in [0.05, 0.1) is 42.7 Å². The fraction of sp³-hybridized carbons (Fsp3) is 0.167. The number of hydrogen-bond acceptors (Lipinski definition) is 6. The Hall–Kier alpha value is -2.64. The molecule has 0 saturated carbocycles. The van der Waals surface area contributed by atoms with E-state index in [-0.39, 0.29) is 12.3 Å². The lowest BCUT2D eigenvalue weighted by Gasteiger charge is -2.12. The lowest BCUT2D eigenvalue weighted by atomic mass is 10.2. The summed E-state index contributed by atoms with van der Waals surface area (Å²) in [6.07, 6.45) is 1.84. The highest BCUT2D eigenvalue weighted by Gasteiger charge is 2.14. The van der Waals surface area contributed by atoms with E-state index < -0.39 is 0 Å². The number of hydrogen-bond donors (Lipinski definition) is 1. The summed E-state index contributed by atoms with van der Waals surface area (Å²) in [6.45, 7) is 0. The Morgan fingerprint density at radius 1 is 1.23 bits per heavy atom. The molecule has 0 aliphatic carbocycles. The summed E-state index contributed by atoms with van der Waals surface area (Å²) in [5.74, 6) is 0.755. The second-order valence-corrected chi connectivity index (χ2v) is 6.54. The Morgan fingerprint density at radius 2 is 2.00 bits per heavy atom. The minimum absolute atomic E-state index is 0.133. The molecule has 1 amide bonds. The molecule has 0 radical (unpaired) electrons. The van der Waals surface area contributed by atoms with E-state index in [9.17, 15) is 4.79 Å². The number of anilines is 1. The van der Waals surface area contributed by atoms with E-state index in [1.807, 2.05) is 23.6 Å². The van der Waals surface area contributed by atoms with E-state index in [2.05, 4.69) is 15.3 Å². The van der Waals surface area contributed by atoms with Gasteiger partial charge in [-0.05, 0) is 12.1 Å². The van der Waals surface area contributed by atoms with Crippen LogP contribution in [0.1, 0.15) is 5.69 Å². The summed E-state index contributed by atoms with van der Waals surface area (Å²) in [4.78, 5) is 21.1. The summed E-state index contributed by atoms with van der Waals surface area (Å²) in [5, 5.41) is 5.76. The van der Waals surface area contributed by atoms with Gasteiger partial charge in [-0.2, -0.15) is 0 Å². The molecular formula is C18H16ClN3O3S. The Labute approximate surface area is 159 Å². The quantitative estimate of drug-likeness (QED) is 0.688. The number of amides is 1. The number of pyridine rings is 1. The van der Waals surface area contributed by atoms with Crippen LogP contribution < -0.4 is 14.8 Å². The third-order valence-electron chi connectivity index (χ3n) is 3.52. The van der Waals surface area contributed by atoms with E-state index in [4.69, 9.17) is 21.1 Å². The van der Waals surface area contributed by atoms with Gasteiger partial charge in [0.15, 0.2) is 11.5 Å². The highest BCUT2D eigenvalue weighted by atomic mass is 35.5. The minimum atomic E-state index is -0.225. The molecule has 0 bridgehead atoms. The van der Waals surface area contributed by atoms with Gasteiger partial charge in [0.25, 0.3) is 0 Å². The van der Waals surface area contributed by atoms with Crippen molar-refractivity contribution >= 4 is 34.5 Å². The molecule has 0 atom stereocenters. The molecule has 1 N–H and O–H groups in total. The van der Waals surface area contributed by atoms with Gasteiger partial charge in [0.1, 0.15) is 5.01 Å². The number of halogens is 1. The predicted molar refractivity (Wildman–Crippen MR) is 102 cm³/mol. The van der Waals surface area contributed by atoms with Gasteiger partial charge < -0.3 is 14.8 Å². The van der Waals surface area contributed by atoms with Gasteiger partial charge in [-0.1, -0.05) is 17.7 Å². The van der Waals surface area contributed by atoms with Crippen molar-refractivity contribution in [2.75, 3.05) is 19.5 Å². The van der Waals surface area contributed by atoms with Crippen LogP contribution in [0.4, 0.5) is 5.69 Å². The van der Waals surface area contributed by atoms with Gasteiger partial charge in [-0.25, -0.2) is 4.98 Å². The number of nitrogens with one attached hydrogen (secondary N) is 1. The van der Waals surface area contributed by atoms with Gasteiger partial charge in [-0.3, -0.25) is 9.78 Å². The van der Waals surface area contributed by atoms with Crippen LogP contribution in [-0.4, -0.2) is 30.1 Å². The van der Waals surface area contributed by atoms with Crippen molar-refractivity contribution in [3.8, 4) is 22.2 Å². The lowest BCUT2D eigenvalue weighted by molar-refractivity contribution is -0.115. The number of benzene rings is 1. The summed E-state index contributed by atoms with van der Waals surface area (Å²) >= 11 is 7.65. The molecule has 0 fully saturated rings. The van der Waals surface area contributed by atoms with E-state index in [1.54, 1.807) is 18.3 Å². The zero-order chi connectivity index (χ0) is 18.5. The van der Waals surface area contributed by atoms with Crippen LogP contribution in [0.15, 0.2) is 41.9 Å². The number of rotatable bonds is 6. The third kappa shape index (κ3) is 4.12. The molecule has 26 heavy (non-hydrogen) atoms. The topological polar surface area (TPSA) is 73.3 Å². The van der Waals surface area contributed by atoms with Crippen molar-refractivity contribution in [3.63, 3.8) is 0 Å². The second-order valence-electron chi connectivity index (χ2n) is 5.27. The Kier molecular flexibility index (Phi) is 5.70. The van der Waals surface area contributed by atoms with Crippen LogP contribution >= 0.6 is 22.9 Å². The van der Waals surface area contributed by atoms with Crippen LogP contribution in [0, 0.1) is 0 Å². The largest absolute Gasteiger partial charge is 0.493 e. The van der Waals surface area contributed by atoms with Crippen molar-refractivity contribution in [1.29, 1.82) is 0 Å². The second kappa shape index (κ2) is 8.16. The SMILES string of the molecule is COc1cc(Cl)c(NC(=O)Cc2csc(-c3ccccn3)n2)cc1OC. The Balaban J connectivity index is 1.71. The van der Waals surface area contributed by atoms with Crippen molar-refractivity contribution in [1.82, 2.24) is 9.97 Å². The number of nitrogens with zero attached hydrogens (tertiary/aromatic N) is 2. The average Bonchev–Trinajstić information content (AvgIpc) is 3.12. The normalized spacial score (nSPS) is 10.4. The number of thiazole rings is 1. The maximum atomic E-state index is 12.3. The maximum absolute atomic E-state index is 12.3. The highest BCUT2D eigenvalue weighted by molar-refractivity contribution is 7.13. The molecule has 134 valence electrons. The standard InChI is InChI=1S/C18H16ClN3O3S/c1-24-15-8-12(19)14(9-16(15)25-2)22-17(23)7-11-10-26-18(21-11)13-5-3-4-6-20-13/h3-6,8-10H,7H2,1-2H3,(H,22,23). The number of ether oxygens (including phenoxy) is 2. The van der Waals surface area contributed by atoms with Crippen LogP contribution in [0.5, 0.6) is 11.5 Å². The molecular weight excluding hydrogens is 374 g/mol. The highest BCUT2D eigenvalue weighted by Crippen LogP contribution is 2.36. The first-order valence-corrected chi connectivity index (χ1v) is 8.93. The van der Waals surface area contributed by atoms with Crippen molar-refractivity contribution in [3.05, 3.63) is 52.6 Å². The molecule has 0 saturated heterocycles.